The van der Waals surface area contributed by atoms with Crippen LogP contribution in [-0.2, 0) is 0 Å². The molecule has 2 heterocycles. The standard InChI is InChI=1S/C13H22N4O/c1-9-11(14-4)15-10(2)16-12(9)17-7-5-13(3,18)6-8-17/h18H,5-8H2,1-4H3,(H,14,15,16). The van der Waals surface area contributed by atoms with E-state index >= 15 is 0 Å². The van der Waals surface area contributed by atoms with Gasteiger partial charge in [0, 0.05) is 25.7 Å². The van der Waals surface area contributed by atoms with Crippen LogP contribution in [0.15, 0.2) is 0 Å². The molecular formula is C13H22N4O. The Bertz CT molecular complexity index is 435. The summed E-state index contributed by atoms with van der Waals surface area (Å²) in [7, 11) is 1.87. The van der Waals surface area contributed by atoms with Crippen LogP contribution in [0.4, 0.5) is 11.6 Å². The molecule has 0 bridgehead atoms. The summed E-state index contributed by atoms with van der Waals surface area (Å²) >= 11 is 0. The largest absolute Gasteiger partial charge is 0.390 e. The molecule has 5 heteroatoms. The summed E-state index contributed by atoms with van der Waals surface area (Å²) in [5.41, 5.74) is 0.544. The minimum Gasteiger partial charge on any atom is -0.390 e. The number of aliphatic hydroxyl groups is 1. The topological polar surface area (TPSA) is 61.3 Å². The van der Waals surface area contributed by atoms with Crippen molar-refractivity contribution in [3.05, 3.63) is 11.4 Å². The molecule has 2 N–H and O–H groups in total. The van der Waals surface area contributed by atoms with Crippen LogP contribution in [0.5, 0.6) is 0 Å². The van der Waals surface area contributed by atoms with Crippen molar-refractivity contribution in [2.45, 2.75) is 39.2 Å². The number of aryl methyl sites for hydroxylation is 1. The van der Waals surface area contributed by atoms with Crippen LogP contribution < -0.4 is 10.2 Å². The molecule has 18 heavy (non-hydrogen) atoms. The van der Waals surface area contributed by atoms with E-state index in [9.17, 15) is 5.11 Å². The van der Waals surface area contributed by atoms with Gasteiger partial charge in [0.2, 0.25) is 0 Å². The van der Waals surface area contributed by atoms with Gasteiger partial charge in [-0.3, -0.25) is 0 Å². The summed E-state index contributed by atoms with van der Waals surface area (Å²) < 4.78 is 0. The number of nitrogens with zero attached hydrogens (tertiary/aromatic N) is 3. The van der Waals surface area contributed by atoms with Gasteiger partial charge in [0.1, 0.15) is 17.5 Å². The van der Waals surface area contributed by atoms with E-state index in [-0.39, 0.29) is 0 Å². The van der Waals surface area contributed by atoms with Crippen molar-refractivity contribution in [1.29, 1.82) is 0 Å². The third kappa shape index (κ3) is 2.56. The number of rotatable bonds is 2. The molecule has 1 aromatic heterocycles. The number of hydrogen-bond donors (Lipinski definition) is 2. The maximum absolute atomic E-state index is 9.99. The molecule has 0 atom stereocenters. The Balaban J connectivity index is 2.26. The van der Waals surface area contributed by atoms with E-state index in [2.05, 4.69) is 20.2 Å². The molecule has 0 radical (unpaired) electrons. The molecule has 0 unspecified atom stereocenters. The Morgan fingerprint density at radius 3 is 2.39 bits per heavy atom. The van der Waals surface area contributed by atoms with Crippen LogP contribution in [0, 0.1) is 13.8 Å². The van der Waals surface area contributed by atoms with Crippen molar-refractivity contribution in [2.75, 3.05) is 30.4 Å². The Hall–Kier alpha value is -1.36. The van der Waals surface area contributed by atoms with Gasteiger partial charge < -0.3 is 15.3 Å². The van der Waals surface area contributed by atoms with Gasteiger partial charge in [-0.05, 0) is 33.6 Å². The van der Waals surface area contributed by atoms with Crippen LogP contribution in [-0.4, -0.2) is 40.8 Å². The van der Waals surface area contributed by atoms with Gasteiger partial charge in [0.25, 0.3) is 0 Å². The molecule has 1 saturated heterocycles. The fraction of sp³-hybridized carbons (Fsp3) is 0.692. The highest BCUT2D eigenvalue weighted by molar-refractivity contribution is 5.58. The number of aromatic nitrogens is 2. The lowest BCUT2D eigenvalue weighted by Crippen LogP contribution is -2.43. The average molecular weight is 250 g/mol. The maximum Gasteiger partial charge on any atom is 0.137 e. The summed E-state index contributed by atoms with van der Waals surface area (Å²) in [5, 5.41) is 13.1. The quantitative estimate of drug-likeness (QED) is 0.832. The molecule has 0 spiro atoms. The first-order valence-corrected chi connectivity index (χ1v) is 6.43. The summed E-state index contributed by atoms with van der Waals surface area (Å²) in [4.78, 5) is 11.2. The van der Waals surface area contributed by atoms with E-state index < -0.39 is 5.60 Å². The monoisotopic (exact) mass is 250 g/mol. The molecule has 1 aliphatic rings. The van der Waals surface area contributed by atoms with Gasteiger partial charge in [-0.1, -0.05) is 0 Å². The van der Waals surface area contributed by atoms with E-state index in [1.165, 1.54) is 0 Å². The van der Waals surface area contributed by atoms with E-state index in [0.717, 1.165) is 49.0 Å². The van der Waals surface area contributed by atoms with Gasteiger partial charge in [-0.15, -0.1) is 0 Å². The van der Waals surface area contributed by atoms with Gasteiger partial charge in [0.15, 0.2) is 0 Å². The smallest absolute Gasteiger partial charge is 0.137 e. The average Bonchev–Trinajstić information content (AvgIpc) is 2.32. The Morgan fingerprint density at radius 2 is 1.83 bits per heavy atom. The van der Waals surface area contributed by atoms with E-state index in [1.807, 2.05) is 27.8 Å². The normalized spacial score (nSPS) is 18.8. The van der Waals surface area contributed by atoms with Crippen molar-refractivity contribution in [3.8, 4) is 0 Å². The van der Waals surface area contributed by atoms with Gasteiger partial charge >= 0.3 is 0 Å². The first kappa shape index (κ1) is 13.1. The maximum atomic E-state index is 9.99. The predicted octanol–water partition coefficient (Wildman–Crippen LogP) is 1.49. The number of nitrogens with one attached hydrogen (secondary N) is 1. The summed E-state index contributed by atoms with van der Waals surface area (Å²) in [6, 6.07) is 0. The zero-order chi connectivity index (χ0) is 13.3. The summed E-state index contributed by atoms with van der Waals surface area (Å²) in [6.07, 6.45) is 1.56. The van der Waals surface area contributed by atoms with Crippen molar-refractivity contribution in [1.82, 2.24) is 9.97 Å². The highest BCUT2D eigenvalue weighted by atomic mass is 16.3. The minimum atomic E-state index is -0.529. The number of anilines is 2. The lowest BCUT2D eigenvalue weighted by molar-refractivity contribution is 0.0350. The molecule has 0 amide bonds. The third-order valence-electron chi connectivity index (χ3n) is 3.61. The molecule has 2 rings (SSSR count). The third-order valence-corrected chi connectivity index (χ3v) is 3.61. The molecular weight excluding hydrogens is 228 g/mol. The van der Waals surface area contributed by atoms with Crippen LogP contribution in [0.25, 0.3) is 0 Å². The first-order valence-electron chi connectivity index (χ1n) is 6.43. The number of hydrogen-bond acceptors (Lipinski definition) is 5. The number of piperidine rings is 1. The Labute approximate surface area is 108 Å². The van der Waals surface area contributed by atoms with Crippen LogP contribution >= 0.6 is 0 Å². The van der Waals surface area contributed by atoms with E-state index in [1.54, 1.807) is 0 Å². The van der Waals surface area contributed by atoms with Gasteiger partial charge in [0.05, 0.1) is 5.60 Å². The second-order valence-electron chi connectivity index (χ2n) is 5.30. The van der Waals surface area contributed by atoms with Crippen molar-refractivity contribution in [3.63, 3.8) is 0 Å². The molecule has 0 saturated carbocycles. The Kier molecular flexibility index (Phi) is 3.43. The zero-order valence-corrected chi connectivity index (χ0v) is 11.6. The van der Waals surface area contributed by atoms with Crippen LogP contribution in [0.3, 0.4) is 0 Å². The van der Waals surface area contributed by atoms with Crippen LogP contribution in [0.1, 0.15) is 31.2 Å². The first-order chi connectivity index (χ1) is 8.43. The van der Waals surface area contributed by atoms with Crippen molar-refractivity contribution < 1.29 is 5.11 Å². The van der Waals surface area contributed by atoms with Gasteiger partial charge in [-0.2, -0.15) is 0 Å². The molecule has 1 fully saturated rings. The summed E-state index contributed by atoms with van der Waals surface area (Å²) in [6.45, 7) is 7.53. The minimum absolute atomic E-state index is 0.529. The molecule has 100 valence electrons. The van der Waals surface area contributed by atoms with E-state index in [0.29, 0.717) is 0 Å². The zero-order valence-electron chi connectivity index (χ0n) is 11.6. The Morgan fingerprint density at radius 1 is 1.22 bits per heavy atom. The van der Waals surface area contributed by atoms with Crippen LogP contribution in [0.2, 0.25) is 0 Å². The highest BCUT2D eigenvalue weighted by Gasteiger charge is 2.29. The SMILES string of the molecule is CNc1nc(C)nc(N2CCC(C)(O)CC2)c1C. The lowest BCUT2D eigenvalue weighted by Gasteiger charge is -2.37. The lowest BCUT2D eigenvalue weighted by atomic mass is 9.94. The van der Waals surface area contributed by atoms with E-state index in [4.69, 9.17) is 0 Å². The van der Waals surface area contributed by atoms with Crippen molar-refractivity contribution >= 4 is 11.6 Å². The molecule has 0 aromatic carbocycles. The second-order valence-corrected chi connectivity index (χ2v) is 5.30. The fourth-order valence-corrected chi connectivity index (χ4v) is 2.37. The fourth-order valence-electron chi connectivity index (χ4n) is 2.37. The van der Waals surface area contributed by atoms with Crippen molar-refractivity contribution in [2.24, 2.45) is 0 Å². The molecule has 1 aliphatic heterocycles. The highest BCUT2D eigenvalue weighted by Crippen LogP contribution is 2.29. The second kappa shape index (κ2) is 4.72. The molecule has 5 nitrogen and oxygen atoms in total. The summed E-state index contributed by atoms with van der Waals surface area (Å²) in [5.74, 6) is 2.65. The molecule has 0 aliphatic carbocycles. The molecule has 1 aromatic rings. The van der Waals surface area contributed by atoms with Gasteiger partial charge in [-0.25, -0.2) is 9.97 Å². The predicted molar refractivity (Wildman–Crippen MR) is 73.1 cm³/mol.